The molecule has 6 nitrogen and oxygen atoms in total. The summed E-state index contributed by atoms with van der Waals surface area (Å²) < 4.78 is 38.5. The third-order valence-corrected chi connectivity index (χ3v) is 5.78. The summed E-state index contributed by atoms with van der Waals surface area (Å²) in [6, 6.07) is 13.5. The first kappa shape index (κ1) is 21.1. The van der Waals surface area contributed by atoms with E-state index in [0.717, 1.165) is 18.4 Å². The molecule has 1 amide bonds. The number of amides is 1. The van der Waals surface area contributed by atoms with Gasteiger partial charge in [-0.2, -0.15) is 0 Å². The Labute approximate surface area is 188 Å². The normalized spacial score (nSPS) is 16.2. The average molecular weight is 449 g/mol. The Morgan fingerprint density at radius 1 is 1.09 bits per heavy atom. The fourth-order valence-electron chi connectivity index (χ4n) is 4.11. The Morgan fingerprint density at radius 2 is 1.91 bits per heavy atom. The molecule has 2 aromatic carbocycles. The lowest BCUT2D eigenvalue weighted by atomic mass is 10.0. The first-order chi connectivity index (χ1) is 16.1. The van der Waals surface area contributed by atoms with Crippen molar-refractivity contribution < 1.29 is 22.5 Å². The highest BCUT2D eigenvalue weighted by molar-refractivity contribution is 5.92. The number of carbonyl (C=O) groups is 1. The van der Waals surface area contributed by atoms with Crippen LogP contribution < -0.4 is 0 Å². The van der Waals surface area contributed by atoms with E-state index < -0.39 is 5.82 Å². The van der Waals surface area contributed by atoms with Crippen molar-refractivity contribution in [2.45, 2.75) is 31.7 Å². The van der Waals surface area contributed by atoms with Crippen molar-refractivity contribution in [3.63, 3.8) is 0 Å². The number of aromatic nitrogens is 2. The summed E-state index contributed by atoms with van der Waals surface area (Å²) >= 11 is 0. The van der Waals surface area contributed by atoms with E-state index in [9.17, 15) is 13.6 Å². The van der Waals surface area contributed by atoms with Gasteiger partial charge in [-0.25, -0.2) is 13.8 Å². The fraction of sp³-hybridized carbons (Fsp3) is 0.240. The molecule has 33 heavy (non-hydrogen) atoms. The van der Waals surface area contributed by atoms with Gasteiger partial charge in [0, 0.05) is 24.6 Å². The predicted molar refractivity (Wildman–Crippen MR) is 115 cm³/mol. The molecule has 0 bridgehead atoms. The molecular formula is C25H21F2N3O3. The van der Waals surface area contributed by atoms with Crippen molar-refractivity contribution in [1.29, 1.82) is 0 Å². The van der Waals surface area contributed by atoms with Crippen LogP contribution in [0.15, 0.2) is 69.7 Å². The van der Waals surface area contributed by atoms with Crippen molar-refractivity contribution in [1.82, 2.24) is 15.0 Å². The van der Waals surface area contributed by atoms with E-state index in [2.05, 4.69) is 10.1 Å². The number of oxazole rings is 1. The van der Waals surface area contributed by atoms with E-state index >= 15 is 0 Å². The minimum absolute atomic E-state index is 0.0400. The number of hydrogen-bond donors (Lipinski definition) is 0. The molecule has 0 radical (unpaired) electrons. The van der Waals surface area contributed by atoms with Crippen molar-refractivity contribution in [3.8, 4) is 11.3 Å². The Hall–Kier alpha value is -3.81. The summed E-state index contributed by atoms with van der Waals surface area (Å²) in [5.41, 5.74) is 1.44. The van der Waals surface area contributed by atoms with Crippen LogP contribution in [-0.2, 0) is 6.42 Å². The van der Waals surface area contributed by atoms with E-state index in [-0.39, 0.29) is 34.8 Å². The minimum atomic E-state index is -0.436. The largest absolute Gasteiger partial charge is 0.443 e. The van der Waals surface area contributed by atoms with Crippen LogP contribution in [0.2, 0.25) is 0 Å². The van der Waals surface area contributed by atoms with E-state index in [1.807, 2.05) is 0 Å². The summed E-state index contributed by atoms with van der Waals surface area (Å²) in [6.45, 7) is 0.523. The summed E-state index contributed by atoms with van der Waals surface area (Å²) in [5, 5.41) is 3.89. The number of rotatable bonds is 5. The Balaban J connectivity index is 1.35. The lowest BCUT2D eigenvalue weighted by Crippen LogP contribution is -2.38. The first-order valence-electron chi connectivity index (χ1n) is 10.8. The number of likely N-dealkylation sites (tertiary alicyclic amines) is 1. The molecule has 0 saturated carbocycles. The molecule has 5 rings (SSSR count). The van der Waals surface area contributed by atoms with E-state index in [4.69, 9.17) is 8.94 Å². The van der Waals surface area contributed by atoms with Gasteiger partial charge in [0.2, 0.25) is 11.7 Å². The number of benzene rings is 2. The van der Waals surface area contributed by atoms with Crippen LogP contribution in [0.3, 0.4) is 0 Å². The Kier molecular flexibility index (Phi) is 5.73. The minimum Gasteiger partial charge on any atom is -0.443 e. The van der Waals surface area contributed by atoms with Crippen LogP contribution >= 0.6 is 0 Å². The summed E-state index contributed by atoms with van der Waals surface area (Å²) in [5.74, 6) is 0.0597. The molecule has 8 heteroatoms. The van der Waals surface area contributed by atoms with Gasteiger partial charge in [0.05, 0.1) is 6.20 Å². The highest BCUT2D eigenvalue weighted by Gasteiger charge is 2.34. The van der Waals surface area contributed by atoms with Crippen molar-refractivity contribution in [2.75, 3.05) is 6.54 Å². The van der Waals surface area contributed by atoms with Gasteiger partial charge in [0.1, 0.15) is 29.1 Å². The zero-order chi connectivity index (χ0) is 22.8. The van der Waals surface area contributed by atoms with Gasteiger partial charge >= 0.3 is 0 Å². The summed E-state index contributed by atoms with van der Waals surface area (Å²) in [6.07, 6.45) is 4.60. The molecule has 4 aromatic rings. The maximum Gasteiger partial charge on any atom is 0.293 e. The van der Waals surface area contributed by atoms with Gasteiger partial charge in [0.15, 0.2) is 0 Å². The zero-order valence-electron chi connectivity index (χ0n) is 17.7. The van der Waals surface area contributed by atoms with Crippen LogP contribution in [0, 0.1) is 11.6 Å². The Morgan fingerprint density at radius 3 is 2.73 bits per heavy atom. The van der Waals surface area contributed by atoms with Crippen LogP contribution in [-0.4, -0.2) is 27.5 Å². The molecule has 1 saturated heterocycles. The summed E-state index contributed by atoms with van der Waals surface area (Å²) in [4.78, 5) is 19.3. The van der Waals surface area contributed by atoms with Crippen LogP contribution in [0.1, 0.15) is 53.1 Å². The number of carbonyl (C=O) groups excluding carboxylic acids is 1. The van der Waals surface area contributed by atoms with E-state index in [1.54, 1.807) is 41.4 Å². The predicted octanol–water partition coefficient (Wildman–Crippen LogP) is 5.57. The standard InChI is InChI=1S/C25H21F2N3O3/c26-17-10-8-16(9-11-17)13-18-15-28-24(32-18)22-7-3-4-12-30(22)25(31)23-14-21(29-33-23)19-5-1-2-6-20(19)27/h1-2,5-6,8-11,14-15,22H,3-4,7,12-13H2/t22-/m0/s1. The van der Waals surface area contributed by atoms with Crippen LogP contribution in [0.25, 0.3) is 11.3 Å². The van der Waals surface area contributed by atoms with Crippen molar-refractivity contribution in [3.05, 3.63) is 95.4 Å². The molecular weight excluding hydrogens is 428 g/mol. The van der Waals surface area contributed by atoms with Gasteiger partial charge in [-0.05, 0) is 49.1 Å². The fourth-order valence-corrected chi connectivity index (χ4v) is 4.11. The second-order valence-corrected chi connectivity index (χ2v) is 8.03. The van der Waals surface area contributed by atoms with Gasteiger partial charge in [-0.1, -0.05) is 29.4 Å². The van der Waals surface area contributed by atoms with Gasteiger partial charge < -0.3 is 13.8 Å². The smallest absolute Gasteiger partial charge is 0.293 e. The molecule has 0 unspecified atom stereocenters. The Bertz CT molecular complexity index is 1270. The molecule has 0 N–H and O–H groups in total. The molecule has 0 aliphatic carbocycles. The average Bonchev–Trinajstić information content (AvgIpc) is 3.51. The van der Waals surface area contributed by atoms with Crippen LogP contribution in [0.4, 0.5) is 8.78 Å². The molecule has 2 aromatic heterocycles. The van der Waals surface area contributed by atoms with Gasteiger partial charge in [-0.3, -0.25) is 4.79 Å². The van der Waals surface area contributed by atoms with Crippen molar-refractivity contribution in [2.24, 2.45) is 0 Å². The van der Waals surface area contributed by atoms with Crippen molar-refractivity contribution >= 4 is 5.91 Å². The monoisotopic (exact) mass is 449 g/mol. The number of nitrogens with zero attached hydrogens (tertiary/aromatic N) is 3. The second kappa shape index (κ2) is 8.97. The maximum atomic E-state index is 14.1. The quantitative estimate of drug-likeness (QED) is 0.399. The highest BCUT2D eigenvalue weighted by Crippen LogP contribution is 2.33. The van der Waals surface area contributed by atoms with Gasteiger partial charge in [-0.15, -0.1) is 0 Å². The van der Waals surface area contributed by atoms with Crippen LogP contribution in [0.5, 0.6) is 0 Å². The number of piperidine rings is 1. The number of halogens is 2. The highest BCUT2D eigenvalue weighted by atomic mass is 19.1. The van der Waals surface area contributed by atoms with Gasteiger partial charge in [0.25, 0.3) is 5.91 Å². The van der Waals surface area contributed by atoms with E-state index in [1.165, 1.54) is 24.3 Å². The molecule has 1 atom stereocenters. The molecule has 1 aliphatic heterocycles. The molecule has 1 aliphatic rings. The van der Waals surface area contributed by atoms with E-state index in [0.29, 0.717) is 31.0 Å². The second-order valence-electron chi connectivity index (χ2n) is 8.03. The number of hydrogen-bond acceptors (Lipinski definition) is 5. The topological polar surface area (TPSA) is 72.4 Å². The molecule has 168 valence electrons. The maximum absolute atomic E-state index is 14.1. The summed E-state index contributed by atoms with van der Waals surface area (Å²) in [7, 11) is 0. The lowest BCUT2D eigenvalue weighted by molar-refractivity contribution is 0.0528. The third-order valence-electron chi connectivity index (χ3n) is 5.78. The molecule has 0 spiro atoms. The SMILES string of the molecule is O=C(c1cc(-c2ccccc2F)no1)N1CCCC[C@H]1c1ncc(Cc2ccc(F)cc2)o1. The first-order valence-corrected chi connectivity index (χ1v) is 10.8. The molecule has 3 heterocycles. The third kappa shape index (κ3) is 4.41. The lowest BCUT2D eigenvalue weighted by Gasteiger charge is -2.32. The molecule has 1 fully saturated rings. The zero-order valence-corrected chi connectivity index (χ0v) is 17.7.